The Morgan fingerprint density at radius 1 is 1.47 bits per heavy atom. The minimum atomic E-state index is 0.559. The highest BCUT2D eigenvalue weighted by Gasteiger charge is 2.10. The Morgan fingerprint density at radius 3 is 3.06 bits per heavy atom. The number of nitrogens with one attached hydrogen (secondary N) is 1. The Morgan fingerprint density at radius 2 is 2.35 bits per heavy atom. The fourth-order valence-electron chi connectivity index (χ4n) is 1.43. The zero-order valence-corrected chi connectivity index (χ0v) is 10.8. The van der Waals surface area contributed by atoms with Crippen molar-refractivity contribution in [3.8, 4) is 0 Å². The lowest BCUT2D eigenvalue weighted by atomic mass is 10.3. The van der Waals surface area contributed by atoms with Gasteiger partial charge in [-0.3, -0.25) is 0 Å². The number of rotatable bonds is 6. The first-order valence-electron chi connectivity index (χ1n) is 5.55. The van der Waals surface area contributed by atoms with Gasteiger partial charge in [0.05, 0.1) is 6.54 Å². The number of hydrogen-bond acceptors (Lipinski definition) is 6. The van der Waals surface area contributed by atoms with E-state index in [0.717, 1.165) is 13.1 Å². The van der Waals surface area contributed by atoms with Gasteiger partial charge in [0.1, 0.15) is 0 Å². The zero-order chi connectivity index (χ0) is 12.1. The highest BCUT2D eigenvalue weighted by molar-refractivity contribution is 7.07. The minimum absolute atomic E-state index is 0.559. The first-order valence-corrected chi connectivity index (χ1v) is 6.49. The first kappa shape index (κ1) is 12.1. The van der Waals surface area contributed by atoms with E-state index in [0.29, 0.717) is 18.5 Å². The molecule has 17 heavy (non-hydrogen) atoms. The smallest absolute Gasteiger partial charge is 0.318 e. The number of thiophene rings is 1. The average Bonchev–Trinajstić information content (AvgIpc) is 2.96. The number of aromatic nitrogens is 2. The van der Waals surface area contributed by atoms with Crippen LogP contribution in [0.4, 0.5) is 6.01 Å². The number of nitrogens with zero attached hydrogens (tertiary/aromatic N) is 3. The molecule has 2 aromatic heterocycles. The van der Waals surface area contributed by atoms with Gasteiger partial charge in [0, 0.05) is 13.6 Å². The quantitative estimate of drug-likeness (QED) is 0.850. The molecule has 0 saturated heterocycles. The molecular formula is C11H16N4OS. The lowest BCUT2D eigenvalue weighted by Gasteiger charge is -2.12. The lowest BCUT2D eigenvalue weighted by Crippen LogP contribution is -2.16. The van der Waals surface area contributed by atoms with E-state index >= 15 is 0 Å². The molecule has 0 aliphatic rings. The van der Waals surface area contributed by atoms with Crippen LogP contribution in [0.3, 0.4) is 0 Å². The van der Waals surface area contributed by atoms with Crippen molar-refractivity contribution in [2.45, 2.75) is 20.0 Å². The van der Waals surface area contributed by atoms with E-state index in [1.807, 2.05) is 18.9 Å². The molecule has 1 N–H and O–H groups in total. The second-order valence-corrected chi connectivity index (χ2v) is 4.53. The van der Waals surface area contributed by atoms with Crippen LogP contribution in [0, 0.1) is 0 Å². The van der Waals surface area contributed by atoms with E-state index in [1.165, 1.54) is 5.56 Å². The highest BCUT2D eigenvalue weighted by atomic mass is 32.1. The van der Waals surface area contributed by atoms with Crippen molar-refractivity contribution in [1.82, 2.24) is 15.5 Å². The summed E-state index contributed by atoms with van der Waals surface area (Å²) in [4.78, 5) is 1.95. The summed E-state index contributed by atoms with van der Waals surface area (Å²) in [6, 6.07) is 2.65. The summed E-state index contributed by atoms with van der Waals surface area (Å²) in [5.41, 5.74) is 1.25. The monoisotopic (exact) mass is 252 g/mol. The predicted molar refractivity (Wildman–Crippen MR) is 68.1 cm³/mol. The van der Waals surface area contributed by atoms with Crippen LogP contribution in [0.15, 0.2) is 21.2 Å². The molecule has 0 amide bonds. The van der Waals surface area contributed by atoms with Gasteiger partial charge >= 0.3 is 6.01 Å². The molecule has 0 unspecified atom stereocenters. The third kappa shape index (κ3) is 3.28. The first-order chi connectivity index (χ1) is 8.29. The Bertz CT molecular complexity index is 440. The molecule has 92 valence electrons. The Labute approximate surface area is 104 Å². The van der Waals surface area contributed by atoms with E-state index in [9.17, 15) is 0 Å². The normalized spacial score (nSPS) is 10.7. The summed E-state index contributed by atoms with van der Waals surface area (Å²) >= 11 is 1.69. The van der Waals surface area contributed by atoms with E-state index in [-0.39, 0.29) is 0 Å². The van der Waals surface area contributed by atoms with Crippen molar-refractivity contribution in [3.05, 3.63) is 28.3 Å². The molecule has 0 saturated carbocycles. The van der Waals surface area contributed by atoms with Gasteiger partial charge in [-0.25, -0.2) is 0 Å². The summed E-state index contributed by atoms with van der Waals surface area (Å²) in [7, 11) is 1.95. The van der Waals surface area contributed by atoms with E-state index in [4.69, 9.17) is 4.42 Å². The fourth-order valence-corrected chi connectivity index (χ4v) is 2.09. The van der Waals surface area contributed by atoms with Gasteiger partial charge in [0.2, 0.25) is 5.89 Å². The minimum Gasteiger partial charge on any atom is -0.407 e. The molecule has 2 rings (SSSR count). The molecule has 0 aromatic carbocycles. The molecule has 0 spiro atoms. The summed E-state index contributed by atoms with van der Waals surface area (Å²) < 4.78 is 5.54. The van der Waals surface area contributed by atoms with Gasteiger partial charge in [0.15, 0.2) is 0 Å². The Kier molecular flexibility index (Phi) is 4.11. The van der Waals surface area contributed by atoms with Crippen molar-refractivity contribution in [2.75, 3.05) is 18.5 Å². The zero-order valence-electron chi connectivity index (χ0n) is 10.0. The van der Waals surface area contributed by atoms with E-state index < -0.39 is 0 Å². The second kappa shape index (κ2) is 5.79. The molecular weight excluding hydrogens is 236 g/mol. The van der Waals surface area contributed by atoms with Crippen molar-refractivity contribution in [1.29, 1.82) is 0 Å². The van der Waals surface area contributed by atoms with Gasteiger partial charge in [-0.05, 0) is 28.9 Å². The van der Waals surface area contributed by atoms with Gasteiger partial charge in [-0.2, -0.15) is 11.3 Å². The van der Waals surface area contributed by atoms with Crippen LogP contribution >= 0.6 is 11.3 Å². The Balaban J connectivity index is 1.94. The van der Waals surface area contributed by atoms with Gasteiger partial charge in [-0.15, -0.1) is 5.10 Å². The topological polar surface area (TPSA) is 54.2 Å². The molecule has 0 aliphatic carbocycles. The van der Waals surface area contributed by atoms with Crippen LogP contribution in [-0.2, 0) is 13.1 Å². The Hall–Kier alpha value is -1.40. The van der Waals surface area contributed by atoms with Crippen LogP contribution in [0.25, 0.3) is 0 Å². The van der Waals surface area contributed by atoms with Gasteiger partial charge in [-0.1, -0.05) is 12.0 Å². The molecule has 0 radical (unpaired) electrons. The molecule has 2 heterocycles. The molecule has 5 nitrogen and oxygen atoms in total. The van der Waals surface area contributed by atoms with Crippen LogP contribution in [0.5, 0.6) is 0 Å². The molecule has 2 aromatic rings. The average molecular weight is 252 g/mol. The summed E-state index contributed by atoms with van der Waals surface area (Å²) in [5.74, 6) is 0.624. The maximum absolute atomic E-state index is 5.54. The molecule has 6 heteroatoms. The molecule has 0 fully saturated rings. The van der Waals surface area contributed by atoms with Gasteiger partial charge in [0.25, 0.3) is 0 Å². The highest BCUT2D eigenvalue weighted by Crippen LogP contribution is 2.15. The van der Waals surface area contributed by atoms with Crippen LogP contribution < -0.4 is 10.2 Å². The van der Waals surface area contributed by atoms with E-state index in [1.54, 1.807) is 11.3 Å². The van der Waals surface area contributed by atoms with E-state index in [2.05, 4.69) is 32.3 Å². The predicted octanol–water partition coefficient (Wildman–Crippen LogP) is 1.88. The second-order valence-electron chi connectivity index (χ2n) is 3.75. The number of hydrogen-bond donors (Lipinski definition) is 1. The van der Waals surface area contributed by atoms with Crippen LogP contribution in [0.1, 0.15) is 18.4 Å². The fraction of sp³-hybridized carbons (Fsp3) is 0.455. The third-order valence-electron chi connectivity index (χ3n) is 2.31. The maximum Gasteiger partial charge on any atom is 0.318 e. The summed E-state index contributed by atoms with van der Waals surface area (Å²) in [5, 5.41) is 15.3. The van der Waals surface area contributed by atoms with Crippen LogP contribution in [0.2, 0.25) is 0 Å². The van der Waals surface area contributed by atoms with Crippen molar-refractivity contribution in [2.24, 2.45) is 0 Å². The third-order valence-corrected chi connectivity index (χ3v) is 3.04. The largest absolute Gasteiger partial charge is 0.407 e. The van der Waals surface area contributed by atoms with Crippen molar-refractivity contribution in [3.63, 3.8) is 0 Å². The number of anilines is 1. The van der Waals surface area contributed by atoms with Gasteiger partial charge < -0.3 is 14.6 Å². The molecule has 0 atom stereocenters. The standard InChI is InChI=1S/C11H16N4OS/c1-3-12-6-10-13-14-11(16-10)15(2)7-9-4-5-17-8-9/h4-5,8,12H,3,6-7H2,1-2H3. The van der Waals surface area contributed by atoms with Crippen molar-refractivity contribution >= 4 is 17.4 Å². The molecule has 0 bridgehead atoms. The molecule has 0 aliphatic heterocycles. The van der Waals surface area contributed by atoms with Crippen molar-refractivity contribution < 1.29 is 4.42 Å². The lowest BCUT2D eigenvalue weighted by molar-refractivity contribution is 0.469. The van der Waals surface area contributed by atoms with Crippen LogP contribution in [-0.4, -0.2) is 23.8 Å². The summed E-state index contributed by atoms with van der Waals surface area (Å²) in [6.07, 6.45) is 0. The maximum atomic E-state index is 5.54. The SMILES string of the molecule is CCNCc1nnc(N(C)Cc2ccsc2)o1. The summed E-state index contributed by atoms with van der Waals surface area (Å²) in [6.45, 7) is 4.34.